The third-order valence-corrected chi connectivity index (χ3v) is 4.13. The lowest BCUT2D eigenvalue weighted by molar-refractivity contribution is -0.274. The van der Waals surface area contributed by atoms with E-state index in [4.69, 9.17) is 0 Å². The lowest BCUT2D eigenvalue weighted by atomic mass is 10.1. The van der Waals surface area contributed by atoms with Gasteiger partial charge < -0.3 is 10.1 Å². The van der Waals surface area contributed by atoms with Crippen LogP contribution in [0.4, 0.5) is 24.8 Å². The summed E-state index contributed by atoms with van der Waals surface area (Å²) in [5.74, 6) is -0.299. The summed E-state index contributed by atoms with van der Waals surface area (Å²) in [7, 11) is 0. The number of carbonyl (C=O) groups is 1. The topological polar surface area (TPSA) is 76.5 Å². The highest BCUT2D eigenvalue weighted by atomic mass is 19.4. The zero-order valence-electron chi connectivity index (χ0n) is 15.0. The van der Waals surface area contributed by atoms with Crippen molar-refractivity contribution in [3.8, 4) is 17.0 Å². The molecule has 0 unspecified atom stereocenters. The van der Waals surface area contributed by atoms with E-state index in [0.717, 1.165) is 5.56 Å². The zero-order valence-corrected chi connectivity index (χ0v) is 15.0. The fraction of sp³-hybridized carbons (Fsp3) is 0.100. The average Bonchev–Trinajstić information content (AvgIpc) is 3.02. The maximum Gasteiger partial charge on any atom is 0.573 e. The van der Waals surface area contributed by atoms with Crippen molar-refractivity contribution < 1.29 is 22.7 Å². The van der Waals surface area contributed by atoms with Gasteiger partial charge in [-0.3, -0.25) is 4.79 Å². The van der Waals surface area contributed by atoms with Crippen molar-refractivity contribution in [2.45, 2.75) is 13.3 Å². The molecular weight excluding hydrogens is 385 g/mol. The van der Waals surface area contributed by atoms with E-state index in [9.17, 15) is 18.0 Å². The van der Waals surface area contributed by atoms with Crippen molar-refractivity contribution in [1.29, 1.82) is 0 Å². The molecule has 0 radical (unpaired) electrons. The van der Waals surface area contributed by atoms with Crippen LogP contribution in [0.5, 0.6) is 5.75 Å². The Hall–Kier alpha value is -3.75. The van der Waals surface area contributed by atoms with Crippen molar-refractivity contribution in [1.82, 2.24) is 9.97 Å². The molecule has 0 bridgehead atoms. The molecule has 1 aliphatic rings. The number of alkyl halides is 3. The highest BCUT2D eigenvalue weighted by Crippen LogP contribution is 2.27. The maximum absolute atomic E-state index is 12.3. The van der Waals surface area contributed by atoms with Crippen LogP contribution >= 0.6 is 0 Å². The third-order valence-electron chi connectivity index (χ3n) is 4.13. The molecule has 1 amide bonds. The number of fused-ring (bicyclic) bond motifs is 1. The number of nitrogens with zero attached hydrogens (tertiary/aromatic N) is 3. The van der Waals surface area contributed by atoms with Crippen LogP contribution in [0, 0.1) is 6.92 Å². The number of nitrogens with one attached hydrogen (secondary N) is 1. The number of amides is 1. The van der Waals surface area contributed by atoms with Crippen molar-refractivity contribution in [3.05, 3.63) is 64.8 Å². The van der Waals surface area contributed by atoms with Crippen LogP contribution in [0.25, 0.3) is 17.3 Å². The Balaban J connectivity index is 1.60. The fourth-order valence-corrected chi connectivity index (χ4v) is 2.87. The number of ether oxygens (including phenoxy) is 1. The lowest BCUT2D eigenvalue weighted by Crippen LogP contribution is -2.21. The first-order valence-corrected chi connectivity index (χ1v) is 8.48. The Kier molecular flexibility index (Phi) is 4.50. The Morgan fingerprint density at radius 3 is 2.55 bits per heavy atom. The highest BCUT2D eigenvalue weighted by Gasteiger charge is 2.31. The van der Waals surface area contributed by atoms with E-state index in [0.29, 0.717) is 33.5 Å². The molecule has 1 N–H and O–H groups in total. The Labute approximate surface area is 162 Å². The van der Waals surface area contributed by atoms with Gasteiger partial charge in [-0.2, -0.15) is 0 Å². The Morgan fingerprint density at radius 1 is 1.07 bits per heavy atom. The minimum Gasteiger partial charge on any atom is -0.406 e. The van der Waals surface area contributed by atoms with Crippen LogP contribution < -0.4 is 20.6 Å². The van der Waals surface area contributed by atoms with Crippen LogP contribution in [0.3, 0.4) is 0 Å². The zero-order chi connectivity index (χ0) is 20.6. The molecule has 0 saturated heterocycles. The molecular formula is C20H13F3N4O2. The van der Waals surface area contributed by atoms with E-state index in [-0.39, 0.29) is 11.7 Å². The second-order valence-electron chi connectivity index (χ2n) is 6.29. The summed E-state index contributed by atoms with van der Waals surface area (Å²) in [6.07, 6.45) is -1.69. The van der Waals surface area contributed by atoms with Gasteiger partial charge in [-0.05, 0) is 55.0 Å². The second kappa shape index (κ2) is 7.01. The number of aryl methyl sites for hydroxylation is 1. The highest BCUT2D eigenvalue weighted by molar-refractivity contribution is 6.06. The molecule has 2 aromatic carbocycles. The van der Waals surface area contributed by atoms with Gasteiger partial charge >= 0.3 is 6.36 Å². The maximum atomic E-state index is 12.3. The molecule has 29 heavy (non-hydrogen) atoms. The number of aromatic nitrogens is 2. The lowest BCUT2D eigenvalue weighted by Gasteiger charge is -2.11. The van der Waals surface area contributed by atoms with Crippen LogP contribution in [-0.4, -0.2) is 22.2 Å². The molecule has 146 valence electrons. The third kappa shape index (κ3) is 4.23. The number of benzene rings is 2. The quantitative estimate of drug-likeness (QED) is 0.731. The Morgan fingerprint density at radius 2 is 1.83 bits per heavy atom. The molecule has 1 aliphatic heterocycles. The molecule has 3 aromatic rings. The van der Waals surface area contributed by atoms with Crippen molar-refractivity contribution in [3.63, 3.8) is 0 Å². The van der Waals surface area contributed by atoms with Crippen LogP contribution in [0.1, 0.15) is 5.56 Å². The minimum absolute atomic E-state index is 0.302. The first kappa shape index (κ1) is 18.6. The number of anilines is 2. The van der Waals surface area contributed by atoms with Crippen LogP contribution in [0.2, 0.25) is 0 Å². The van der Waals surface area contributed by atoms with E-state index >= 15 is 0 Å². The number of rotatable bonds is 4. The largest absolute Gasteiger partial charge is 0.573 e. The van der Waals surface area contributed by atoms with Gasteiger partial charge in [-0.1, -0.05) is 0 Å². The van der Waals surface area contributed by atoms with E-state index in [1.165, 1.54) is 30.3 Å². The van der Waals surface area contributed by atoms with Gasteiger partial charge in [0.2, 0.25) is 5.95 Å². The van der Waals surface area contributed by atoms with E-state index in [1.54, 1.807) is 31.3 Å². The molecule has 2 heterocycles. The van der Waals surface area contributed by atoms with Crippen molar-refractivity contribution in [2.24, 2.45) is 4.99 Å². The molecule has 1 aromatic heterocycles. The normalized spacial score (nSPS) is 12.8. The van der Waals surface area contributed by atoms with Gasteiger partial charge in [-0.25, -0.2) is 15.0 Å². The molecule has 0 saturated carbocycles. The molecule has 0 atom stereocenters. The number of carbonyl (C=O) groups excluding carboxylic acids is 1. The SMILES string of the molecule is Cc1cnc(Nc2ccc3c(c2)=CC(=O)N=3)nc1-c1ccc(OC(F)(F)F)cc1. The van der Waals surface area contributed by atoms with Crippen molar-refractivity contribution >= 4 is 23.6 Å². The molecule has 6 nitrogen and oxygen atoms in total. The van der Waals surface area contributed by atoms with E-state index in [2.05, 4.69) is 25.0 Å². The average molecular weight is 398 g/mol. The number of halogens is 3. The predicted octanol–water partition coefficient (Wildman–Crippen LogP) is 3.03. The molecule has 0 spiro atoms. The van der Waals surface area contributed by atoms with E-state index in [1.807, 2.05) is 0 Å². The fourth-order valence-electron chi connectivity index (χ4n) is 2.87. The number of hydrogen-bond acceptors (Lipinski definition) is 5. The van der Waals surface area contributed by atoms with Gasteiger partial charge in [0, 0.05) is 28.7 Å². The molecule has 4 rings (SSSR count). The summed E-state index contributed by atoms with van der Waals surface area (Å²) in [5.41, 5.74) is 2.62. The first-order chi connectivity index (χ1) is 13.8. The monoisotopic (exact) mass is 398 g/mol. The minimum atomic E-state index is -4.74. The van der Waals surface area contributed by atoms with E-state index < -0.39 is 6.36 Å². The summed E-state index contributed by atoms with van der Waals surface area (Å²) in [5, 5.41) is 4.37. The second-order valence-corrected chi connectivity index (χ2v) is 6.29. The van der Waals surface area contributed by atoms with Crippen LogP contribution in [-0.2, 0) is 4.79 Å². The van der Waals surface area contributed by atoms with Gasteiger partial charge in [-0.15, -0.1) is 13.2 Å². The van der Waals surface area contributed by atoms with Crippen molar-refractivity contribution in [2.75, 3.05) is 5.32 Å². The Bertz CT molecular complexity index is 1220. The molecule has 0 fully saturated rings. The van der Waals surface area contributed by atoms with Gasteiger partial charge in [0.15, 0.2) is 0 Å². The smallest absolute Gasteiger partial charge is 0.406 e. The van der Waals surface area contributed by atoms with Gasteiger partial charge in [0.25, 0.3) is 5.91 Å². The summed E-state index contributed by atoms with van der Waals surface area (Å²) in [6, 6.07) is 10.7. The standard InChI is InChI=1S/C20H13F3N4O2/c1-11-10-24-19(25-14-4-7-16-13(8-14)9-17(28)26-16)27-18(11)12-2-5-15(6-3-12)29-20(21,22)23/h2-10H,1H3,(H,24,25,27). The van der Waals surface area contributed by atoms with Gasteiger partial charge in [0.05, 0.1) is 11.1 Å². The number of hydrogen-bond donors (Lipinski definition) is 1. The van der Waals surface area contributed by atoms with Gasteiger partial charge in [0.1, 0.15) is 5.75 Å². The molecule has 0 aliphatic carbocycles. The molecule has 9 heteroatoms. The summed E-state index contributed by atoms with van der Waals surface area (Å²) < 4.78 is 40.8. The summed E-state index contributed by atoms with van der Waals surface area (Å²) >= 11 is 0. The summed E-state index contributed by atoms with van der Waals surface area (Å²) in [4.78, 5) is 23.9. The van der Waals surface area contributed by atoms with Crippen LogP contribution in [0.15, 0.2) is 53.7 Å². The first-order valence-electron chi connectivity index (χ1n) is 8.48. The predicted molar refractivity (Wildman–Crippen MR) is 98.9 cm³/mol. The summed E-state index contributed by atoms with van der Waals surface area (Å²) in [6.45, 7) is 1.80.